The van der Waals surface area contributed by atoms with E-state index >= 15 is 0 Å². The van der Waals surface area contributed by atoms with Gasteiger partial charge in [0, 0.05) is 47.6 Å². The fourth-order valence-electron chi connectivity index (χ4n) is 2.41. The maximum Gasteiger partial charge on any atom is 0.189 e. The lowest BCUT2D eigenvalue weighted by molar-refractivity contribution is 0.171. The first-order chi connectivity index (χ1) is 12.9. The molecule has 0 saturated heterocycles. The summed E-state index contributed by atoms with van der Waals surface area (Å²) in [6, 6.07) is 12.0. The Kier molecular flexibility index (Phi) is 5.32. The number of rotatable bonds is 6. The molecule has 26 heavy (non-hydrogen) atoms. The van der Waals surface area contributed by atoms with Gasteiger partial charge < -0.3 is 0 Å². The van der Waals surface area contributed by atoms with Gasteiger partial charge in [-0.1, -0.05) is 47.8 Å². The molecule has 0 aliphatic carbocycles. The molecule has 1 aromatic carbocycles. The fraction of sp³-hybridized carbons (Fsp3) is 0.111. The van der Waals surface area contributed by atoms with E-state index in [4.69, 9.17) is 0 Å². The molecular formula is C18H16N6S2. The lowest BCUT2D eigenvalue weighted by Crippen LogP contribution is -2.44. The van der Waals surface area contributed by atoms with Gasteiger partial charge in [0.15, 0.2) is 10.3 Å². The third kappa shape index (κ3) is 4.14. The number of benzene rings is 1. The number of thioether (sulfide) groups is 2. The van der Waals surface area contributed by atoms with Crippen molar-refractivity contribution in [1.29, 1.82) is 0 Å². The van der Waals surface area contributed by atoms with Gasteiger partial charge in [-0.3, -0.25) is 10.0 Å². The van der Waals surface area contributed by atoms with Crippen molar-refractivity contribution in [3.63, 3.8) is 0 Å². The minimum Gasteiger partial charge on any atom is -0.281 e. The summed E-state index contributed by atoms with van der Waals surface area (Å²) < 4.78 is 0. The Balaban J connectivity index is 1.53. The van der Waals surface area contributed by atoms with Crippen LogP contribution in [0.2, 0.25) is 0 Å². The SMILES string of the molecule is C1=c2ccccc2=CN(CSc2ncccn2)N1CSc1ncccn1. The van der Waals surface area contributed by atoms with Crippen LogP contribution in [0, 0.1) is 0 Å². The van der Waals surface area contributed by atoms with Crippen molar-refractivity contribution < 1.29 is 0 Å². The summed E-state index contributed by atoms with van der Waals surface area (Å²) >= 11 is 3.19. The molecule has 6 nitrogen and oxygen atoms in total. The Morgan fingerprint density at radius 3 is 1.46 bits per heavy atom. The number of fused-ring (bicyclic) bond motifs is 1. The quantitative estimate of drug-likeness (QED) is 0.474. The van der Waals surface area contributed by atoms with Crippen molar-refractivity contribution in [2.24, 2.45) is 0 Å². The molecule has 4 rings (SSSR count). The van der Waals surface area contributed by atoms with E-state index in [1.807, 2.05) is 12.1 Å². The Morgan fingerprint density at radius 2 is 1.04 bits per heavy atom. The first kappa shape index (κ1) is 16.9. The molecule has 130 valence electrons. The highest BCUT2D eigenvalue weighted by Crippen LogP contribution is 2.20. The lowest BCUT2D eigenvalue weighted by Gasteiger charge is -2.34. The topological polar surface area (TPSA) is 58.0 Å². The molecule has 0 atom stereocenters. The maximum atomic E-state index is 4.28. The van der Waals surface area contributed by atoms with Crippen molar-refractivity contribution in [1.82, 2.24) is 30.0 Å². The summed E-state index contributed by atoms with van der Waals surface area (Å²) in [5.41, 5.74) is 0. The van der Waals surface area contributed by atoms with Crippen molar-refractivity contribution >= 4 is 35.9 Å². The van der Waals surface area contributed by atoms with E-state index in [2.05, 4.69) is 66.6 Å². The predicted octanol–water partition coefficient (Wildman–Crippen LogP) is 1.77. The van der Waals surface area contributed by atoms with Crippen molar-refractivity contribution in [3.8, 4) is 0 Å². The predicted molar refractivity (Wildman–Crippen MR) is 104 cm³/mol. The lowest BCUT2D eigenvalue weighted by atomic mass is 10.2. The summed E-state index contributed by atoms with van der Waals surface area (Å²) in [5, 5.41) is 8.24. The maximum absolute atomic E-state index is 4.28. The van der Waals surface area contributed by atoms with Crippen LogP contribution in [-0.4, -0.2) is 41.7 Å². The van der Waals surface area contributed by atoms with Gasteiger partial charge in [0.1, 0.15) is 0 Å². The number of hydrazine groups is 1. The van der Waals surface area contributed by atoms with Gasteiger partial charge in [0.05, 0.1) is 11.8 Å². The molecule has 0 unspecified atom stereocenters. The highest BCUT2D eigenvalue weighted by molar-refractivity contribution is 7.99. The normalized spacial score (nSPS) is 12.9. The van der Waals surface area contributed by atoms with E-state index < -0.39 is 0 Å². The molecule has 0 radical (unpaired) electrons. The van der Waals surface area contributed by atoms with Crippen LogP contribution in [0.5, 0.6) is 0 Å². The Morgan fingerprint density at radius 1 is 0.615 bits per heavy atom. The second-order valence-corrected chi connectivity index (χ2v) is 7.20. The van der Waals surface area contributed by atoms with Gasteiger partial charge in [-0.25, -0.2) is 19.9 Å². The van der Waals surface area contributed by atoms with Crippen LogP contribution in [-0.2, 0) is 0 Å². The number of hydrogen-bond donors (Lipinski definition) is 0. The second kappa shape index (κ2) is 8.20. The van der Waals surface area contributed by atoms with Gasteiger partial charge in [-0.15, -0.1) is 0 Å². The van der Waals surface area contributed by atoms with Crippen LogP contribution in [0.1, 0.15) is 0 Å². The molecule has 0 saturated carbocycles. The molecule has 0 amide bonds. The zero-order chi connectivity index (χ0) is 17.6. The van der Waals surface area contributed by atoms with Gasteiger partial charge in [0.25, 0.3) is 0 Å². The summed E-state index contributed by atoms with van der Waals surface area (Å²) in [7, 11) is 0. The van der Waals surface area contributed by atoms with E-state index in [1.54, 1.807) is 48.3 Å². The van der Waals surface area contributed by atoms with Crippen molar-refractivity contribution in [3.05, 3.63) is 71.6 Å². The molecule has 3 heterocycles. The standard InChI is InChI=1S/C18H16N6S2/c1-2-6-16-12-24(14-26-18-21-9-4-10-22-18)23(11-15(16)5-1)13-25-17-19-7-3-8-20-17/h1-12H,13-14H2. The zero-order valence-electron chi connectivity index (χ0n) is 13.8. The van der Waals surface area contributed by atoms with Crippen LogP contribution in [0.15, 0.2) is 71.5 Å². The van der Waals surface area contributed by atoms with E-state index in [0.717, 1.165) is 10.3 Å². The first-order valence-electron chi connectivity index (χ1n) is 8.00. The first-order valence-corrected chi connectivity index (χ1v) is 9.97. The Bertz CT molecular complexity index is 887. The van der Waals surface area contributed by atoms with Crippen LogP contribution >= 0.6 is 23.5 Å². The molecular weight excluding hydrogens is 364 g/mol. The third-order valence-electron chi connectivity index (χ3n) is 3.64. The van der Waals surface area contributed by atoms with E-state index in [1.165, 1.54) is 10.4 Å². The molecule has 1 aliphatic heterocycles. The van der Waals surface area contributed by atoms with Crippen LogP contribution in [0.25, 0.3) is 12.4 Å². The van der Waals surface area contributed by atoms with Crippen LogP contribution < -0.4 is 10.4 Å². The van der Waals surface area contributed by atoms with E-state index in [0.29, 0.717) is 11.8 Å². The summed E-state index contributed by atoms with van der Waals surface area (Å²) in [6.45, 7) is 0. The molecule has 2 aromatic heterocycles. The van der Waals surface area contributed by atoms with Gasteiger partial charge >= 0.3 is 0 Å². The number of aromatic nitrogens is 4. The molecule has 0 spiro atoms. The molecule has 0 fully saturated rings. The minimum absolute atomic E-state index is 0.713. The van der Waals surface area contributed by atoms with Crippen LogP contribution in [0.3, 0.4) is 0 Å². The molecule has 1 aliphatic rings. The minimum atomic E-state index is 0.713. The van der Waals surface area contributed by atoms with Gasteiger partial charge in [0.2, 0.25) is 0 Å². The number of nitrogens with zero attached hydrogens (tertiary/aromatic N) is 6. The van der Waals surface area contributed by atoms with Gasteiger partial charge in [-0.2, -0.15) is 0 Å². The van der Waals surface area contributed by atoms with E-state index in [9.17, 15) is 0 Å². The monoisotopic (exact) mass is 380 g/mol. The highest BCUT2D eigenvalue weighted by atomic mass is 32.2. The van der Waals surface area contributed by atoms with Crippen molar-refractivity contribution in [2.75, 3.05) is 11.8 Å². The van der Waals surface area contributed by atoms with Gasteiger partial charge in [-0.05, 0) is 12.1 Å². The van der Waals surface area contributed by atoms with E-state index in [-0.39, 0.29) is 0 Å². The number of hydrogen-bond acceptors (Lipinski definition) is 8. The third-order valence-corrected chi connectivity index (χ3v) is 5.36. The second-order valence-electron chi connectivity index (χ2n) is 5.38. The molecule has 3 aromatic rings. The molecule has 0 N–H and O–H groups in total. The largest absolute Gasteiger partial charge is 0.281 e. The average molecular weight is 381 g/mol. The Labute approximate surface area is 159 Å². The highest BCUT2D eigenvalue weighted by Gasteiger charge is 2.14. The van der Waals surface area contributed by atoms with Crippen LogP contribution in [0.4, 0.5) is 0 Å². The van der Waals surface area contributed by atoms with Crippen molar-refractivity contribution in [2.45, 2.75) is 10.3 Å². The molecule has 0 bridgehead atoms. The Hall–Kier alpha value is -2.58. The summed E-state index contributed by atoms with van der Waals surface area (Å²) in [6.07, 6.45) is 11.3. The average Bonchev–Trinajstić information content (AvgIpc) is 2.72. The summed E-state index contributed by atoms with van der Waals surface area (Å²) in [5.74, 6) is 1.43. The summed E-state index contributed by atoms with van der Waals surface area (Å²) in [4.78, 5) is 17.1. The molecule has 8 heteroatoms. The fourth-order valence-corrected chi connectivity index (χ4v) is 3.89. The smallest absolute Gasteiger partial charge is 0.189 e. The zero-order valence-corrected chi connectivity index (χ0v) is 15.5.